The average Bonchev–Trinajstić information content (AvgIpc) is 3.52. The van der Waals surface area contributed by atoms with Gasteiger partial charge in [0, 0.05) is 27.4 Å². The fourth-order valence-electron chi connectivity index (χ4n) is 7.31. The maximum Gasteiger partial charge on any atom is 0.0782 e. The van der Waals surface area contributed by atoms with E-state index in [1.165, 1.54) is 49.3 Å². The van der Waals surface area contributed by atoms with E-state index in [0.29, 0.717) is 0 Å². The lowest BCUT2D eigenvalue weighted by Crippen LogP contribution is -2.13. The lowest BCUT2D eigenvalue weighted by molar-refractivity contribution is 1.17. The van der Waals surface area contributed by atoms with E-state index in [2.05, 4.69) is 204 Å². The molecule has 2 heteroatoms. The standard InChI is InChI=1S/C46H32N2/c1-4-17-33(18-5-1)37-26-12-13-29-41(37)48(42-30-14-22-34-21-10-11-25-38(34)42)44-32-16-28-40-45-39(35-19-6-2-7-20-35)27-15-31-43(45)47(46(40)44)36-23-8-3-9-24-36/h1-32H. The van der Waals surface area contributed by atoms with Crippen LogP contribution in [0.5, 0.6) is 0 Å². The third-order valence-corrected chi connectivity index (χ3v) is 9.37. The van der Waals surface area contributed by atoms with Crippen molar-refractivity contribution in [2.45, 2.75) is 0 Å². The summed E-state index contributed by atoms with van der Waals surface area (Å²) in [4.78, 5) is 2.48. The number of nitrogens with zero attached hydrogens (tertiary/aromatic N) is 2. The van der Waals surface area contributed by atoms with Crippen molar-refractivity contribution in [1.82, 2.24) is 4.57 Å². The van der Waals surface area contributed by atoms with Crippen LogP contribution < -0.4 is 4.90 Å². The Morgan fingerprint density at radius 3 is 1.67 bits per heavy atom. The quantitative estimate of drug-likeness (QED) is 0.181. The Kier molecular flexibility index (Phi) is 6.84. The number of benzene rings is 8. The average molecular weight is 613 g/mol. The zero-order valence-corrected chi connectivity index (χ0v) is 26.4. The van der Waals surface area contributed by atoms with Crippen LogP contribution in [0.3, 0.4) is 0 Å². The maximum atomic E-state index is 2.48. The van der Waals surface area contributed by atoms with Gasteiger partial charge in [0.1, 0.15) is 0 Å². The van der Waals surface area contributed by atoms with Crippen molar-refractivity contribution in [2.24, 2.45) is 0 Å². The fourth-order valence-corrected chi connectivity index (χ4v) is 7.31. The van der Waals surface area contributed by atoms with Gasteiger partial charge in [0.05, 0.1) is 28.1 Å². The van der Waals surface area contributed by atoms with Gasteiger partial charge in [-0.15, -0.1) is 0 Å². The van der Waals surface area contributed by atoms with E-state index in [9.17, 15) is 0 Å². The molecule has 0 saturated carbocycles. The first-order valence-corrected chi connectivity index (χ1v) is 16.5. The summed E-state index contributed by atoms with van der Waals surface area (Å²) < 4.78 is 2.45. The van der Waals surface area contributed by atoms with Crippen molar-refractivity contribution >= 4 is 49.6 Å². The normalized spacial score (nSPS) is 11.3. The minimum Gasteiger partial charge on any atom is -0.307 e. The molecule has 0 saturated heterocycles. The zero-order valence-electron chi connectivity index (χ0n) is 26.4. The SMILES string of the molecule is c1ccc(-c2ccccc2N(c2cccc3ccccc23)c2cccc3c4c(-c5ccccc5)cccc4n(-c4ccccc4)c23)cc1. The Labute approximate surface area is 280 Å². The summed E-state index contributed by atoms with van der Waals surface area (Å²) in [6.07, 6.45) is 0. The van der Waals surface area contributed by atoms with Crippen molar-refractivity contribution in [3.05, 3.63) is 194 Å². The second-order valence-electron chi connectivity index (χ2n) is 12.1. The molecule has 8 aromatic carbocycles. The summed E-state index contributed by atoms with van der Waals surface area (Å²) >= 11 is 0. The van der Waals surface area contributed by atoms with Crippen molar-refractivity contribution < 1.29 is 0 Å². The molecule has 0 amide bonds. The zero-order chi connectivity index (χ0) is 31.9. The number of hydrogen-bond donors (Lipinski definition) is 0. The molecule has 0 aliphatic carbocycles. The van der Waals surface area contributed by atoms with E-state index < -0.39 is 0 Å². The van der Waals surface area contributed by atoms with Gasteiger partial charge >= 0.3 is 0 Å². The molecule has 9 rings (SSSR count). The summed E-state index contributed by atoms with van der Waals surface area (Å²) in [6, 6.07) is 69.9. The third kappa shape index (κ3) is 4.58. The van der Waals surface area contributed by atoms with Crippen molar-refractivity contribution in [3.8, 4) is 27.9 Å². The van der Waals surface area contributed by atoms with Crippen LogP contribution in [0.25, 0.3) is 60.5 Å². The number of fused-ring (bicyclic) bond motifs is 4. The maximum absolute atomic E-state index is 2.48. The first kappa shape index (κ1) is 27.9. The van der Waals surface area contributed by atoms with Gasteiger partial charge in [-0.3, -0.25) is 0 Å². The molecule has 9 aromatic rings. The van der Waals surface area contributed by atoms with Gasteiger partial charge in [-0.1, -0.05) is 158 Å². The second-order valence-corrected chi connectivity index (χ2v) is 12.1. The topological polar surface area (TPSA) is 8.17 Å². The number of aromatic nitrogens is 1. The van der Waals surface area contributed by atoms with Crippen LogP contribution in [0.15, 0.2) is 194 Å². The van der Waals surface area contributed by atoms with Crippen LogP contribution in [0, 0.1) is 0 Å². The summed E-state index contributed by atoms with van der Waals surface area (Å²) in [6.45, 7) is 0. The van der Waals surface area contributed by atoms with Gasteiger partial charge in [0.25, 0.3) is 0 Å². The molecule has 0 atom stereocenters. The Morgan fingerprint density at radius 2 is 0.875 bits per heavy atom. The van der Waals surface area contributed by atoms with Gasteiger partial charge in [-0.05, 0) is 58.5 Å². The first-order valence-electron chi connectivity index (χ1n) is 16.5. The first-order chi connectivity index (χ1) is 23.9. The summed E-state index contributed by atoms with van der Waals surface area (Å²) in [7, 11) is 0. The predicted molar refractivity (Wildman–Crippen MR) is 204 cm³/mol. The molecular weight excluding hydrogens is 581 g/mol. The van der Waals surface area contributed by atoms with Crippen molar-refractivity contribution in [2.75, 3.05) is 4.90 Å². The molecule has 48 heavy (non-hydrogen) atoms. The molecule has 0 unspecified atom stereocenters. The van der Waals surface area contributed by atoms with Gasteiger partial charge in [-0.2, -0.15) is 0 Å². The largest absolute Gasteiger partial charge is 0.307 e. The highest BCUT2D eigenvalue weighted by molar-refractivity contribution is 6.20. The van der Waals surface area contributed by atoms with E-state index in [1.54, 1.807) is 0 Å². The predicted octanol–water partition coefficient (Wildman–Crippen LogP) is 12.7. The Morgan fingerprint density at radius 1 is 0.354 bits per heavy atom. The highest BCUT2D eigenvalue weighted by Gasteiger charge is 2.25. The van der Waals surface area contributed by atoms with Crippen molar-refractivity contribution in [1.29, 1.82) is 0 Å². The van der Waals surface area contributed by atoms with E-state index in [1.807, 2.05) is 0 Å². The number of rotatable bonds is 6. The number of hydrogen-bond acceptors (Lipinski definition) is 1. The second kappa shape index (κ2) is 11.8. The molecule has 0 fully saturated rings. The van der Waals surface area contributed by atoms with E-state index in [4.69, 9.17) is 0 Å². The van der Waals surface area contributed by atoms with Gasteiger partial charge in [0.15, 0.2) is 0 Å². The van der Waals surface area contributed by atoms with E-state index in [-0.39, 0.29) is 0 Å². The summed E-state index contributed by atoms with van der Waals surface area (Å²) in [5, 5.41) is 4.87. The number of para-hydroxylation sites is 3. The smallest absolute Gasteiger partial charge is 0.0782 e. The fraction of sp³-hybridized carbons (Fsp3) is 0. The highest BCUT2D eigenvalue weighted by Crippen LogP contribution is 2.48. The van der Waals surface area contributed by atoms with Crippen LogP contribution >= 0.6 is 0 Å². The number of anilines is 3. The molecule has 0 spiro atoms. The minimum absolute atomic E-state index is 1.12. The lowest BCUT2D eigenvalue weighted by atomic mass is 9.98. The van der Waals surface area contributed by atoms with Gasteiger partial charge in [-0.25, -0.2) is 0 Å². The Hall–Kier alpha value is -6.38. The molecule has 0 radical (unpaired) electrons. The lowest BCUT2D eigenvalue weighted by Gasteiger charge is -2.30. The molecular formula is C46H32N2. The Balaban J connectivity index is 1.45. The molecule has 0 aliphatic rings. The highest BCUT2D eigenvalue weighted by atomic mass is 15.2. The molecule has 0 aliphatic heterocycles. The molecule has 1 heterocycles. The molecule has 226 valence electrons. The van der Waals surface area contributed by atoms with Gasteiger partial charge < -0.3 is 9.47 Å². The van der Waals surface area contributed by atoms with Gasteiger partial charge in [0.2, 0.25) is 0 Å². The minimum atomic E-state index is 1.12. The summed E-state index contributed by atoms with van der Waals surface area (Å²) in [5.41, 5.74) is 11.6. The van der Waals surface area contributed by atoms with E-state index in [0.717, 1.165) is 28.3 Å². The van der Waals surface area contributed by atoms with Crippen LogP contribution in [0.4, 0.5) is 17.1 Å². The summed E-state index contributed by atoms with van der Waals surface area (Å²) in [5.74, 6) is 0. The van der Waals surface area contributed by atoms with Crippen LogP contribution in [0.2, 0.25) is 0 Å². The van der Waals surface area contributed by atoms with Crippen LogP contribution in [0.1, 0.15) is 0 Å². The molecule has 2 nitrogen and oxygen atoms in total. The molecule has 1 aromatic heterocycles. The molecule has 0 N–H and O–H groups in total. The van der Waals surface area contributed by atoms with Crippen molar-refractivity contribution in [3.63, 3.8) is 0 Å². The third-order valence-electron chi connectivity index (χ3n) is 9.37. The molecule has 0 bridgehead atoms. The van der Waals surface area contributed by atoms with E-state index >= 15 is 0 Å². The monoisotopic (exact) mass is 612 g/mol. The Bertz CT molecular complexity index is 2540. The van der Waals surface area contributed by atoms with Crippen LogP contribution in [-0.2, 0) is 0 Å². The van der Waals surface area contributed by atoms with Crippen LogP contribution in [-0.4, -0.2) is 4.57 Å².